The smallest absolute Gasteiger partial charge is 0.247 e. The Labute approximate surface area is 94.7 Å². The molecule has 0 aliphatic carbocycles. The summed E-state index contributed by atoms with van der Waals surface area (Å²) in [7, 11) is 0. The standard InChI is InChI=1S/C12H6F2N2O/c13-8-3-1-2-7(4-8)11-16-10-5-9(14)6-15-12(10)17-11/h1-6H. The maximum atomic E-state index is 13.0. The van der Waals surface area contributed by atoms with Crippen LogP contribution in [0.4, 0.5) is 8.78 Å². The second-order valence-electron chi connectivity index (χ2n) is 3.51. The van der Waals surface area contributed by atoms with Crippen molar-refractivity contribution in [3.63, 3.8) is 0 Å². The van der Waals surface area contributed by atoms with Gasteiger partial charge in [-0.1, -0.05) is 6.07 Å². The number of hydrogen-bond acceptors (Lipinski definition) is 3. The zero-order chi connectivity index (χ0) is 11.8. The molecule has 1 aromatic carbocycles. The molecule has 0 saturated carbocycles. The number of oxazole rings is 1. The van der Waals surface area contributed by atoms with Gasteiger partial charge in [0, 0.05) is 11.6 Å². The molecular weight excluding hydrogens is 226 g/mol. The minimum absolute atomic E-state index is 0.220. The third-order valence-electron chi connectivity index (χ3n) is 2.29. The van der Waals surface area contributed by atoms with Gasteiger partial charge in [-0.3, -0.25) is 0 Å². The minimum Gasteiger partial charge on any atom is -0.418 e. The van der Waals surface area contributed by atoms with Gasteiger partial charge in [-0.25, -0.2) is 18.7 Å². The molecule has 5 heteroatoms. The number of rotatable bonds is 1. The van der Waals surface area contributed by atoms with Crippen LogP contribution in [0.5, 0.6) is 0 Å². The van der Waals surface area contributed by atoms with Gasteiger partial charge in [0.1, 0.15) is 17.2 Å². The van der Waals surface area contributed by atoms with Gasteiger partial charge < -0.3 is 4.42 Å². The molecule has 0 atom stereocenters. The lowest BCUT2D eigenvalue weighted by atomic mass is 10.2. The lowest BCUT2D eigenvalue weighted by molar-refractivity contribution is 0.594. The van der Waals surface area contributed by atoms with Gasteiger partial charge in [0.05, 0.1) is 6.20 Å². The van der Waals surface area contributed by atoms with E-state index in [4.69, 9.17) is 4.42 Å². The first-order valence-electron chi connectivity index (χ1n) is 4.90. The summed E-state index contributed by atoms with van der Waals surface area (Å²) >= 11 is 0. The Morgan fingerprint density at radius 3 is 2.76 bits per heavy atom. The van der Waals surface area contributed by atoms with Crippen molar-refractivity contribution < 1.29 is 13.2 Å². The van der Waals surface area contributed by atoms with Gasteiger partial charge in [-0.05, 0) is 18.2 Å². The van der Waals surface area contributed by atoms with Crippen LogP contribution < -0.4 is 0 Å². The quantitative estimate of drug-likeness (QED) is 0.646. The molecule has 2 aromatic heterocycles. The van der Waals surface area contributed by atoms with Crippen molar-refractivity contribution in [1.82, 2.24) is 9.97 Å². The molecule has 0 bridgehead atoms. The third-order valence-corrected chi connectivity index (χ3v) is 2.29. The molecule has 0 aliphatic rings. The summed E-state index contributed by atoms with van der Waals surface area (Å²) in [5.74, 6) is -0.655. The summed E-state index contributed by atoms with van der Waals surface area (Å²) in [5.41, 5.74) is 1.03. The van der Waals surface area contributed by atoms with Gasteiger partial charge in [-0.2, -0.15) is 0 Å². The van der Waals surface area contributed by atoms with Crippen LogP contribution in [-0.4, -0.2) is 9.97 Å². The molecule has 0 N–H and O–H groups in total. The van der Waals surface area contributed by atoms with Crippen molar-refractivity contribution in [2.45, 2.75) is 0 Å². The highest BCUT2D eigenvalue weighted by Crippen LogP contribution is 2.23. The van der Waals surface area contributed by atoms with E-state index < -0.39 is 5.82 Å². The van der Waals surface area contributed by atoms with Crippen LogP contribution in [-0.2, 0) is 0 Å². The highest BCUT2D eigenvalue weighted by Gasteiger charge is 2.10. The van der Waals surface area contributed by atoms with E-state index in [-0.39, 0.29) is 17.4 Å². The van der Waals surface area contributed by atoms with E-state index in [2.05, 4.69) is 9.97 Å². The van der Waals surface area contributed by atoms with E-state index in [1.54, 1.807) is 12.1 Å². The molecule has 0 radical (unpaired) electrons. The number of benzene rings is 1. The van der Waals surface area contributed by atoms with Crippen LogP contribution in [0.3, 0.4) is 0 Å². The van der Waals surface area contributed by atoms with E-state index in [0.29, 0.717) is 11.1 Å². The van der Waals surface area contributed by atoms with Crippen molar-refractivity contribution in [3.05, 3.63) is 48.2 Å². The molecule has 17 heavy (non-hydrogen) atoms. The van der Waals surface area contributed by atoms with Gasteiger partial charge in [0.15, 0.2) is 0 Å². The zero-order valence-electron chi connectivity index (χ0n) is 8.52. The average Bonchev–Trinajstić information content (AvgIpc) is 2.72. The number of pyridine rings is 1. The molecule has 3 aromatic rings. The third kappa shape index (κ3) is 1.75. The normalized spacial score (nSPS) is 10.9. The van der Waals surface area contributed by atoms with Crippen molar-refractivity contribution in [2.24, 2.45) is 0 Å². The molecular formula is C12H6F2N2O. The first-order valence-corrected chi connectivity index (χ1v) is 4.90. The maximum absolute atomic E-state index is 13.0. The minimum atomic E-state index is -0.489. The topological polar surface area (TPSA) is 38.9 Å². The van der Waals surface area contributed by atoms with E-state index in [0.717, 1.165) is 6.20 Å². The summed E-state index contributed by atoms with van der Waals surface area (Å²) in [6.45, 7) is 0. The van der Waals surface area contributed by atoms with Crippen LogP contribution in [0, 0.1) is 11.6 Å². The number of halogens is 2. The highest BCUT2D eigenvalue weighted by atomic mass is 19.1. The van der Waals surface area contributed by atoms with Crippen LogP contribution >= 0.6 is 0 Å². The molecule has 0 saturated heterocycles. The number of fused-ring (bicyclic) bond motifs is 1. The zero-order valence-corrected chi connectivity index (χ0v) is 8.52. The van der Waals surface area contributed by atoms with Crippen molar-refractivity contribution in [1.29, 1.82) is 0 Å². The second-order valence-corrected chi connectivity index (χ2v) is 3.51. The maximum Gasteiger partial charge on any atom is 0.247 e. The van der Waals surface area contributed by atoms with Gasteiger partial charge in [0.2, 0.25) is 11.6 Å². The van der Waals surface area contributed by atoms with E-state index >= 15 is 0 Å². The fraction of sp³-hybridized carbons (Fsp3) is 0. The molecule has 0 amide bonds. The lowest BCUT2D eigenvalue weighted by Gasteiger charge is -1.93. The Morgan fingerprint density at radius 1 is 1.06 bits per heavy atom. The first kappa shape index (κ1) is 9.89. The Balaban J connectivity index is 2.18. The summed E-state index contributed by atoms with van der Waals surface area (Å²) in [4.78, 5) is 7.80. The predicted molar refractivity (Wildman–Crippen MR) is 57.2 cm³/mol. The molecule has 84 valence electrons. The Kier molecular flexibility index (Phi) is 2.11. The Bertz CT molecular complexity index is 694. The first-order chi connectivity index (χ1) is 8.22. The van der Waals surface area contributed by atoms with Crippen LogP contribution in [0.2, 0.25) is 0 Å². The Hall–Kier alpha value is -2.30. The number of aromatic nitrogens is 2. The average molecular weight is 232 g/mol. The van der Waals surface area contributed by atoms with E-state index in [1.165, 1.54) is 18.2 Å². The van der Waals surface area contributed by atoms with Crippen molar-refractivity contribution >= 4 is 11.2 Å². The van der Waals surface area contributed by atoms with E-state index in [1.807, 2.05) is 0 Å². The van der Waals surface area contributed by atoms with Crippen molar-refractivity contribution in [3.8, 4) is 11.5 Å². The van der Waals surface area contributed by atoms with Gasteiger partial charge >= 0.3 is 0 Å². The molecule has 3 rings (SSSR count). The fourth-order valence-corrected chi connectivity index (χ4v) is 1.54. The second kappa shape index (κ2) is 3.62. The lowest BCUT2D eigenvalue weighted by Crippen LogP contribution is -1.79. The van der Waals surface area contributed by atoms with Crippen LogP contribution in [0.1, 0.15) is 0 Å². The van der Waals surface area contributed by atoms with Gasteiger partial charge in [-0.15, -0.1) is 0 Å². The van der Waals surface area contributed by atoms with Crippen molar-refractivity contribution in [2.75, 3.05) is 0 Å². The summed E-state index contributed by atoms with van der Waals surface area (Å²) in [5, 5.41) is 0. The van der Waals surface area contributed by atoms with Crippen LogP contribution in [0.25, 0.3) is 22.7 Å². The monoisotopic (exact) mass is 232 g/mol. The SMILES string of the molecule is Fc1cccc(-c2nc3cc(F)cnc3o2)c1. The number of hydrogen-bond donors (Lipinski definition) is 0. The molecule has 0 fully saturated rings. The summed E-state index contributed by atoms with van der Waals surface area (Å²) < 4.78 is 31.2. The van der Waals surface area contributed by atoms with Crippen LogP contribution in [0.15, 0.2) is 40.9 Å². The van der Waals surface area contributed by atoms with Gasteiger partial charge in [0.25, 0.3) is 0 Å². The fourth-order valence-electron chi connectivity index (χ4n) is 1.54. The highest BCUT2D eigenvalue weighted by molar-refractivity contribution is 5.72. The Morgan fingerprint density at radius 2 is 1.94 bits per heavy atom. The molecule has 0 unspecified atom stereocenters. The summed E-state index contributed by atoms with van der Waals surface area (Å²) in [6.07, 6.45) is 1.04. The van der Waals surface area contributed by atoms with E-state index in [9.17, 15) is 8.78 Å². The summed E-state index contributed by atoms with van der Waals surface area (Å²) in [6, 6.07) is 7.04. The largest absolute Gasteiger partial charge is 0.418 e. The molecule has 3 nitrogen and oxygen atoms in total. The number of nitrogens with zero attached hydrogens (tertiary/aromatic N) is 2. The molecule has 0 spiro atoms. The molecule has 0 aliphatic heterocycles. The molecule has 2 heterocycles. The predicted octanol–water partition coefficient (Wildman–Crippen LogP) is 3.17.